The van der Waals surface area contributed by atoms with Crippen LogP contribution in [0.15, 0.2) is 36.9 Å². The summed E-state index contributed by atoms with van der Waals surface area (Å²) in [6.07, 6.45) is 3.08. The van der Waals surface area contributed by atoms with E-state index in [2.05, 4.69) is 29.7 Å². The second kappa shape index (κ2) is 5.67. The van der Waals surface area contributed by atoms with Crippen LogP contribution in [0.4, 0.5) is 16.0 Å². The first-order valence-corrected chi connectivity index (χ1v) is 7.78. The molecule has 2 aromatic heterocycles. The van der Waals surface area contributed by atoms with Crippen LogP contribution >= 0.6 is 0 Å². The van der Waals surface area contributed by atoms with Crippen LogP contribution in [0.1, 0.15) is 5.69 Å². The molecule has 1 fully saturated rings. The summed E-state index contributed by atoms with van der Waals surface area (Å²) in [6.45, 7) is 3.68. The van der Waals surface area contributed by atoms with E-state index in [9.17, 15) is 4.39 Å². The highest BCUT2D eigenvalue weighted by Crippen LogP contribution is 2.28. The minimum Gasteiger partial charge on any atom is -0.353 e. The Hall–Kier alpha value is -2.83. The number of hydrogen-bond acceptors (Lipinski definition) is 6. The van der Waals surface area contributed by atoms with Crippen molar-refractivity contribution in [2.75, 3.05) is 29.9 Å². The van der Waals surface area contributed by atoms with E-state index >= 15 is 0 Å². The molecule has 122 valence electrons. The van der Waals surface area contributed by atoms with Crippen LogP contribution in [0.2, 0.25) is 0 Å². The summed E-state index contributed by atoms with van der Waals surface area (Å²) in [6, 6.07) is 6.92. The number of aromatic nitrogens is 4. The van der Waals surface area contributed by atoms with E-state index in [1.807, 2.05) is 20.0 Å². The topological polar surface area (TPSA) is 58.0 Å². The van der Waals surface area contributed by atoms with Crippen molar-refractivity contribution in [1.82, 2.24) is 19.9 Å². The quantitative estimate of drug-likeness (QED) is 0.736. The van der Waals surface area contributed by atoms with Gasteiger partial charge in [0.2, 0.25) is 0 Å². The van der Waals surface area contributed by atoms with Gasteiger partial charge in [-0.25, -0.2) is 24.3 Å². The maximum Gasteiger partial charge on any atom is 0.139 e. The Bertz CT molecular complexity index is 893. The summed E-state index contributed by atoms with van der Waals surface area (Å²) >= 11 is 0. The molecule has 3 heterocycles. The molecule has 0 spiro atoms. The molecule has 1 aliphatic rings. The van der Waals surface area contributed by atoms with Crippen molar-refractivity contribution in [3.8, 4) is 0 Å². The molecule has 0 atom stereocenters. The first kappa shape index (κ1) is 14.7. The number of rotatable bonds is 3. The molecule has 7 heteroatoms. The summed E-state index contributed by atoms with van der Waals surface area (Å²) in [5, 5.41) is 0.859. The molecule has 0 bridgehead atoms. The molecule has 1 aliphatic heterocycles. The minimum absolute atomic E-state index is 0.288. The Morgan fingerprint density at radius 1 is 1.08 bits per heavy atom. The molecule has 0 N–H and O–H groups in total. The molecule has 0 radical (unpaired) electrons. The third-order valence-corrected chi connectivity index (χ3v) is 4.43. The van der Waals surface area contributed by atoms with Gasteiger partial charge in [0, 0.05) is 43.4 Å². The molecular weight excluding hydrogens is 307 g/mol. The van der Waals surface area contributed by atoms with Crippen molar-refractivity contribution in [1.29, 1.82) is 0 Å². The monoisotopic (exact) mass is 324 g/mol. The van der Waals surface area contributed by atoms with E-state index in [1.54, 1.807) is 12.4 Å². The van der Waals surface area contributed by atoms with Gasteiger partial charge in [0.25, 0.3) is 0 Å². The maximum atomic E-state index is 13.4. The SMILES string of the molecule is Cc1cc(N2CC(N(C)c3ncnc4cc(F)ccc34)C2)ncn1. The standard InChI is InChI=1S/C17H17FN6/c1-11-5-16(21-9-19-11)24-7-13(8-24)23(2)17-14-4-3-12(18)6-15(14)20-10-22-17/h3-6,9-10,13H,7-8H2,1-2H3. The summed E-state index contributed by atoms with van der Waals surface area (Å²) in [5.41, 5.74) is 1.58. The molecule has 24 heavy (non-hydrogen) atoms. The summed E-state index contributed by atoms with van der Waals surface area (Å²) in [7, 11) is 2.01. The van der Waals surface area contributed by atoms with Crippen LogP contribution < -0.4 is 9.80 Å². The predicted octanol–water partition coefficient (Wildman–Crippen LogP) is 2.19. The van der Waals surface area contributed by atoms with Crippen molar-refractivity contribution < 1.29 is 4.39 Å². The zero-order chi connectivity index (χ0) is 16.7. The van der Waals surface area contributed by atoms with Gasteiger partial charge in [-0.15, -0.1) is 0 Å². The highest BCUT2D eigenvalue weighted by molar-refractivity contribution is 5.89. The first-order chi connectivity index (χ1) is 11.6. The van der Waals surface area contributed by atoms with Crippen molar-refractivity contribution in [2.45, 2.75) is 13.0 Å². The molecule has 0 amide bonds. The van der Waals surface area contributed by atoms with Crippen molar-refractivity contribution in [2.24, 2.45) is 0 Å². The van der Waals surface area contributed by atoms with Crippen molar-refractivity contribution >= 4 is 22.5 Å². The number of likely N-dealkylation sites (N-methyl/N-ethyl adjacent to an activating group) is 1. The van der Waals surface area contributed by atoms with Gasteiger partial charge in [-0.05, 0) is 19.1 Å². The van der Waals surface area contributed by atoms with Crippen LogP contribution in [0, 0.1) is 12.7 Å². The van der Waals surface area contributed by atoms with Gasteiger partial charge in [0.1, 0.15) is 30.1 Å². The minimum atomic E-state index is -0.288. The Kier molecular flexibility index (Phi) is 3.48. The Morgan fingerprint density at radius 2 is 1.88 bits per heavy atom. The number of aryl methyl sites for hydroxylation is 1. The summed E-state index contributed by atoms with van der Waals surface area (Å²) in [4.78, 5) is 21.3. The Balaban J connectivity index is 1.55. The molecule has 1 aromatic carbocycles. The van der Waals surface area contributed by atoms with E-state index in [0.717, 1.165) is 35.8 Å². The van der Waals surface area contributed by atoms with Crippen molar-refractivity contribution in [3.05, 3.63) is 48.4 Å². The zero-order valence-corrected chi connectivity index (χ0v) is 13.5. The average Bonchev–Trinajstić information content (AvgIpc) is 2.52. The summed E-state index contributed by atoms with van der Waals surface area (Å²) in [5.74, 6) is 1.48. The van der Waals surface area contributed by atoms with Gasteiger partial charge in [-0.2, -0.15) is 0 Å². The van der Waals surface area contributed by atoms with Crippen LogP contribution in [0.5, 0.6) is 0 Å². The lowest BCUT2D eigenvalue weighted by atomic mass is 10.1. The third-order valence-electron chi connectivity index (χ3n) is 4.43. The highest BCUT2D eigenvalue weighted by atomic mass is 19.1. The van der Waals surface area contributed by atoms with Crippen molar-refractivity contribution in [3.63, 3.8) is 0 Å². The van der Waals surface area contributed by atoms with Crippen LogP contribution in [0.25, 0.3) is 10.9 Å². The van der Waals surface area contributed by atoms with E-state index in [4.69, 9.17) is 0 Å². The molecule has 0 unspecified atom stereocenters. The fraction of sp³-hybridized carbons (Fsp3) is 0.294. The number of fused-ring (bicyclic) bond motifs is 1. The molecule has 1 saturated heterocycles. The van der Waals surface area contributed by atoms with Gasteiger partial charge in [-0.1, -0.05) is 0 Å². The van der Waals surface area contributed by atoms with Gasteiger partial charge in [0.05, 0.1) is 11.6 Å². The average molecular weight is 324 g/mol. The van der Waals surface area contributed by atoms with E-state index in [0.29, 0.717) is 11.6 Å². The zero-order valence-electron chi connectivity index (χ0n) is 13.5. The third kappa shape index (κ3) is 2.51. The van der Waals surface area contributed by atoms with E-state index < -0.39 is 0 Å². The number of halogens is 1. The second-order valence-electron chi connectivity index (χ2n) is 6.05. The van der Waals surface area contributed by atoms with Gasteiger partial charge < -0.3 is 9.80 Å². The summed E-state index contributed by atoms with van der Waals surface area (Å²) < 4.78 is 13.4. The Morgan fingerprint density at radius 3 is 2.67 bits per heavy atom. The Labute approximate surface area is 139 Å². The predicted molar refractivity (Wildman–Crippen MR) is 90.7 cm³/mol. The molecular formula is C17H17FN6. The number of anilines is 2. The smallest absolute Gasteiger partial charge is 0.139 e. The maximum absolute atomic E-state index is 13.4. The fourth-order valence-corrected chi connectivity index (χ4v) is 2.97. The molecule has 3 aromatic rings. The van der Waals surface area contributed by atoms with Gasteiger partial charge in [-0.3, -0.25) is 0 Å². The number of benzene rings is 1. The molecule has 6 nitrogen and oxygen atoms in total. The van der Waals surface area contributed by atoms with E-state index in [1.165, 1.54) is 18.5 Å². The highest BCUT2D eigenvalue weighted by Gasteiger charge is 2.32. The molecule has 0 saturated carbocycles. The molecule has 4 rings (SSSR count). The normalized spacial score (nSPS) is 14.7. The van der Waals surface area contributed by atoms with Crippen LogP contribution in [-0.4, -0.2) is 46.1 Å². The lowest BCUT2D eigenvalue weighted by Gasteiger charge is -2.45. The van der Waals surface area contributed by atoms with Crippen LogP contribution in [-0.2, 0) is 0 Å². The lowest BCUT2D eigenvalue weighted by Crippen LogP contribution is -2.59. The van der Waals surface area contributed by atoms with Crippen LogP contribution in [0.3, 0.4) is 0 Å². The number of hydrogen-bond donors (Lipinski definition) is 0. The molecule has 0 aliphatic carbocycles. The first-order valence-electron chi connectivity index (χ1n) is 7.78. The lowest BCUT2D eigenvalue weighted by molar-refractivity contribution is 0.490. The second-order valence-corrected chi connectivity index (χ2v) is 6.05. The number of nitrogens with zero attached hydrogens (tertiary/aromatic N) is 6. The van der Waals surface area contributed by atoms with Gasteiger partial charge >= 0.3 is 0 Å². The van der Waals surface area contributed by atoms with E-state index in [-0.39, 0.29) is 5.82 Å². The van der Waals surface area contributed by atoms with Gasteiger partial charge in [0.15, 0.2) is 0 Å². The fourth-order valence-electron chi connectivity index (χ4n) is 2.97. The largest absolute Gasteiger partial charge is 0.353 e.